The molecule has 0 fully saturated rings. The molecule has 1 amide bonds. The average molecular weight is 389 g/mol. The van der Waals surface area contributed by atoms with Gasteiger partial charge in [-0.3, -0.25) is 4.79 Å². The molecule has 0 N–H and O–H groups in total. The third-order valence-corrected chi connectivity index (χ3v) is 4.63. The predicted octanol–water partition coefficient (Wildman–Crippen LogP) is 4.37. The molecule has 148 valence electrons. The second-order valence-corrected chi connectivity index (χ2v) is 6.80. The highest BCUT2D eigenvalue weighted by Crippen LogP contribution is 2.35. The summed E-state index contributed by atoms with van der Waals surface area (Å²) in [5.41, 5.74) is 0.656. The van der Waals surface area contributed by atoms with Crippen LogP contribution in [-0.2, 0) is 17.5 Å². The molecule has 2 aromatic rings. The number of benzene rings is 2. The molecule has 0 aliphatic rings. The van der Waals surface area contributed by atoms with Crippen LogP contribution in [0.5, 0.6) is 0 Å². The number of hydrogen-bond donors (Lipinski definition) is 0. The minimum absolute atomic E-state index is 0.230. The molecule has 0 radical (unpaired) electrons. The van der Waals surface area contributed by atoms with Gasteiger partial charge in [0.2, 0.25) is 5.91 Å². The summed E-state index contributed by atoms with van der Waals surface area (Å²) in [7, 11) is 3.20. The van der Waals surface area contributed by atoms with Crippen LogP contribution in [0.1, 0.15) is 29.2 Å². The number of carbonyl (C=O) groups is 1. The van der Waals surface area contributed by atoms with E-state index >= 15 is 0 Å². The number of halogens is 3. The van der Waals surface area contributed by atoms with Crippen LogP contribution in [0, 0.1) is 18.3 Å². The predicted molar refractivity (Wildman–Crippen MR) is 102 cm³/mol. The van der Waals surface area contributed by atoms with E-state index in [1.807, 2.05) is 31.2 Å². The van der Waals surface area contributed by atoms with Crippen LogP contribution >= 0.6 is 0 Å². The van der Waals surface area contributed by atoms with E-state index in [2.05, 4.69) is 0 Å². The Bertz CT molecular complexity index is 900. The second-order valence-electron chi connectivity index (χ2n) is 6.80. The highest BCUT2D eigenvalue weighted by atomic mass is 19.4. The van der Waals surface area contributed by atoms with Crippen LogP contribution in [0.25, 0.3) is 0 Å². The van der Waals surface area contributed by atoms with Crippen molar-refractivity contribution in [1.29, 1.82) is 5.26 Å². The molecule has 0 saturated carbocycles. The Morgan fingerprint density at radius 1 is 1.18 bits per heavy atom. The Morgan fingerprint density at radius 3 is 2.36 bits per heavy atom. The van der Waals surface area contributed by atoms with E-state index in [1.165, 1.54) is 11.0 Å². The van der Waals surface area contributed by atoms with Crippen LogP contribution < -0.4 is 4.90 Å². The molecule has 0 aromatic heterocycles. The van der Waals surface area contributed by atoms with E-state index in [9.17, 15) is 18.0 Å². The lowest BCUT2D eigenvalue weighted by Gasteiger charge is -2.33. The molecule has 7 heteroatoms. The Hall–Kier alpha value is -3.01. The minimum atomic E-state index is -4.66. The van der Waals surface area contributed by atoms with Crippen molar-refractivity contribution in [3.05, 3.63) is 64.7 Å². The Balaban J connectivity index is 2.57. The van der Waals surface area contributed by atoms with Gasteiger partial charge >= 0.3 is 6.18 Å². The molecule has 2 aromatic carbocycles. The second kappa shape index (κ2) is 8.34. The molecule has 0 bridgehead atoms. The van der Waals surface area contributed by atoms with Crippen molar-refractivity contribution in [2.24, 2.45) is 0 Å². The van der Waals surface area contributed by atoms with Crippen LogP contribution in [0.2, 0.25) is 0 Å². The van der Waals surface area contributed by atoms with E-state index in [4.69, 9.17) is 5.26 Å². The van der Waals surface area contributed by atoms with Gasteiger partial charge < -0.3 is 9.80 Å². The maximum absolute atomic E-state index is 13.4. The molecule has 4 nitrogen and oxygen atoms in total. The fourth-order valence-electron chi connectivity index (χ4n) is 2.97. The summed E-state index contributed by atoms with van der Waals surface area (Å²) in [6.45, 7) is 3.83. The van der Waals surface area contributed by atoms with Gasteiger partial charge in [0.05, 0.1) is 17.2 Å². The van der Waals surface area contributed by atoms with Crippen molar-refractivity contribution in [1.82, 2.24) is 4.90 Å². The summed E-state index contributed by atoms with van der Waals surface area (Å²) in [6.07, 6.45) is -4.66. The molecule has 0 heterocycles. The van der Waals surface area contributed by atoms with Gasteiger partial charge in [0.25, 0.3) is 0 Å². The quantitative estimate of drug-likeness (QED) is 0.763. The van der Waals surface area contributed by atoms with Gasteiger partial charge in [0.1, 0.15) is 6.04 Å². The molecule has 0 aliphatic carbocycles. The van der Waals surface area contributed by atoms with Gasteiger partial charge in [-0.15, -0.1) is 0 Å². The zero-order valence-corrected chi connectivity index (χ0v) is 16.2. The van der Waals surface area contributed by atoms with Crippen LogP contribution in [0.3, 0.4) is 0 Å². The summed E-state index contributed by atoms with van der Waals surface area (Å²) >= 11 is 0. The lowest BCUT2D eigenvalue weighted by Crippen LogP contribution is -2.44. The van der Waals surface area contributed by atoms with Crippen LogP contribution in [-0.4, -0.2) is 30.9 Å². The highest BCUT2D eigenvalue weighted by Gasteiger charge is 2.35. The van der Waals surface area contributed by atoms with Crippen molar-refractivity contribution in [3.8, 4) is 6.07 Å². The standard InChI is InChI=1S/C21H22F3N3O/c1-14-7-5-6-8-17(14)13-27(15(2)20(28)26(3)4)18-10-9-16(12-25)19(11-18)21(22,23)24/h5-11,15H,13H2,1-4H3/t15-/m0/s1. The number of likely N-dealkylation sites (N-methyl/N-ethyl adjacent to an activating group) is 1. The number of anilines is 1. The Kier molecular flexibility index (Phi) is 6.34. The average Bonchev–Trinajstić information content (AvgIpc) is 2.65. The molecular weight excluding hydrogens is 367 g/mol. The van der Waals surface area contributed by atoms with E-state index in [0.29, 0.717) is 0 Å². The SMILES string of the molecule is Cc1ccccc1CN(c1ccc(C#N)c(C(F)(F)F)c1)[C@@H](C)C(=O)N(C)C. The van der Waals surface area contributed by atoms with Gasteiger partial charge in [0, 0.05) is 26.3 Å². The molecule has 0 saturated heterocycles. The van der Waals surface area contributed by atoms with E-state index in [-0.39, 0.29) is 18.1 Å². The normalized spacial score (nSPS) is 12.2. The zero-order chi connectivity index (χ0) is 21.1. The molecule has 2 rings (SSSR count). The molecule has 0 aliphatic heterocycles. The third kappa shape index (κ3) is 4.63. The number of rotatable bonds is 5. The first-order valence-corrected chi connectivity index (χ1v) is 8.70. The lowest BCUT2D eigenvalue weighted by molar-refractivity contribution is -0.137. The first kappa shape index (κ1) is 21.3. The first-order valence-electron chi connectivity index (χ1n) is 8.70. The number of aryl methyl sites for hydroxylation is 1. The first-order chi connectivity index (χ1) is 13.1. The third-order valence-electron chi connectivity index (χ3n) is 4.63. The molecular formula is C21H22F3N3O. The fourth-order valence-corrected chi connectivity index (χ4v) is 2.97. The van der Waals surface area contributed by atoms with Crippen LogP contribution in [0.15, 0.2) is 42.5 Å². The van der Waals surface area contributed by atoms with Gasteiger partial charge in [-0.05, 0) is 43.2 Å². The summed E-state index contributed by atoms with van der Waals surface area (Å²) in [6, 6.07) is 11.9. The summed E-state index contributed by atoms with van der Waals surface area (Å²) in [5.74, 6) is -0.230. The lowest BCUT2D eigenvalue weighted by atomic mass is 10.0. The smallest absolute Gasteiger partial charge is 0.355 e. The number of carbonyl (C=O) groups excluding carboxylic acids is 1. The van der Waals surface area contributed by atoms with Crippen molar-refractivity contribution < 1.29 is 18.0 Å². The number of amides is 1. The van der Waals surface area contributed by atoms with Gasteiger partial charge in [-0.25, -0.2) is 0 Å². The maximum Gasteiger partial charge on any atom is 0.417 e. The van der Waals surface area contributed by atoms with E-state index in [1.54, 1.807) is 32.0 Å². The van der Waals surface area contributed by atoms with Crippen LogP contribution in [0.4, 0.5) is 18.9 Å². The van der Waals surface area contributed by atoms with Gasteiger partial charge in [0.15, 0.2) is 0 Å². The summed E-state index contributed by atoms with van der Waals surface area (Å²) < 4.78 is 40.2. The highest BCUT2D eigenvalue weighted by molar-refractivity contribution is 5.84. The minimum Gasteiger partial charge on any atom is -0.355 e. The Morgan fingerprint density at radius 2 is 1.82 bits per heavy atom. The molecule has 1 atom stereocenters. The number of nitrogens with zero attached hydrogens (tertiary/aromatic N) is 3. The molecule has 0 unspecified atom stereocenters. The maximum atomic E-state index is 13.4. The Labute approximate surface area is 162 Å². The van der Waals surface area contributed by atoms with E-state index in [0.717, 1.165) is 23.3 Å². The van der Waals surface area contributed by atoms with E-state index < -0.39 is 23.3 Å². The number of nitriles is 1. The van der Waals surface area contributed by atoms with Gasteiger partial charge in [-0.1, -0.05) is 24.3 Å². The van der Waals surface area contributed by atoms with Gasteiger partial charge in [-0.2, -0.15) is 18.4 Å². The van der Waals surface area contributed by atoms with Crippen molar-refractivity contribution in [2.45, 2.75) is 32.6 Å². The molecule has 28 heavy (non-hydrogen) atoms. The topological polar surface area (TPSA) is 47.3 Å². The molecule has 0 spiro atoms. The number of hydrogen-bond acceptors (Lipinski definition) is 3. The largest absolute Gasteiger partial charge is 0.417 e. The monoisotopic (exact) mass is 389 g/mol. The zero-order valence-electron chi connectivity index (χ0n) is 16.2. The summed E-state index contributed by atoms with van der Waals surface area (Å²) in [5, 5.41) is 9.03. The fraction of sp³-hybridized carbons (Fsp3) is 0.333. The van der Waals surface area contributed by atoms with Crippen molar-refractivity contribution in [3.63, 3.8) is 0 Å². The number of alkyl halides is 3. The van der Waals surface area contributed by atoms with Crippen molar-refractivity contribution in [2.75, 3.05) is 19.0 Å². The summed E-state index contributed by atoms with van der Waals surface area (Å²) in [4.78, 5) is 15.6. The van der Waals surface area contributed by atoms with Crippen molar-refractivity contribution >= 4 is 11.6 Å².